The fourth-order valence-electron chi connectivity index (χ4n) is 1.09. The molecule has 0 aromatic heterocycles. The van der Waals surface area contributed by atoms with Crippen LogP contribution in [0.5, 0.6) is 5.75 Å². The van der Waals surface area contributed by atoms with Gasteiger partial charge in [-0.2, -0.15) is 13.2 Å². The van der Waals surface area contributed by atoms with Crippen LogP contribution in [0.4, 0.5) is 23.2 Å². The number of aromatic carboxylic acids is 1. The van der Waals surface area contributed by atoms with Crippen molar-refractivity contribution in [1.29, 1.82) is 0 Å². The Balaban J connectivity index is 3.06. The topological polar surface area (TPSA) is 72.5 Å². The molecule has 0 amide bonds. The lowest BCUT2D eigenvalue weighted by Crippen LogP contribution is -2.31. The molecular formula is C10H9F4NO3. The number of benzene rings is 1. The Kier molecular flexibility index (Phi) is 3.68. The van der Waals surface area contributed by atoms with Gasteiger partial charge >= 0.3 is 12.1 Å². The van der Waals surface area contributed by atoms with E-state index in [0.29, 0.717) is 12.1 Å². The third kappa shape index (κ3) is 3.02. The number of alkyl halides is 3. The maximum atomic E-state index is 13.2. The molecule has 1 aromatic rings. The minimum absolute atomic E-state index is 0.384. The number of rotatable bonds is 3. The molecule has 1 aromatic carbocycles. The number of carboxylic acid groups (broad SMARTS) is 1. The van der Waals surface area contributed by atoms with Crippen molar-refractivity contribution < 1.29 is 32.2 Å². The molecule has 0 bridgehead atoms. The van der Waals surface area contributed by atoms with Gasteiger partial charge in [0.05, 0.1) is 11.3 Å². The van der Waals surface area contributed by atoms with Crippen molar-refractivity contribution in [3.05, 3.63) is 23.5 Å². The van der Waals surface area contributed by atoms with Crippen molar-refractivity contribution in [3.8, 4) is 5.75 Å². The van der Waals surface area contributed by atoms with E-state index in [1.54, 1.807) is 0 Å². The summed E-state index contributed by atoms with van der Waals surface area (Å²) in [5, 5.41) is 8.58. The van der Waals surface area contributed by atoms with Gasteiger partial charge in [-0.3, -0.25) is 0 Å². The molecule has 4 nitrogen and oxygen atoms in total. The maximum Gasteiger partial charge on any atom is 0.425 e. The van der Waals surface area contributed by atoms with Gasteiger partial charge in [-0.1, -0.05) is 0 Å². The van der Waals surface area contributed by atoms with Crippen molar-refractivity contribution in [2.45, 2.75) is 19.2 Å². The number of carbonyl (C=O) groups is 1. The van der Waals surface area contributed by atoms with E-state index < -0.39 is 35.4 Å². The molecule has 8 heteroatoms. The summed E-state index contributed by atoms with van der Waals surface area (Å²) in [6.07, 6.45) is -6.82. The second kappa shape index (κ2) is 4.71. The van der Waals surface area contributed by atoms with E-state index in [1.165, 1.54) is 0 Å². The highest BCUT2D eigenvalue weighted by Gasteiger charge is 2.38. The molecule has 0 heterocycles. The van der Waals surface area contributed by atoms with E-state index >= 15 is 0 Å². The molecule has 0 saturated carbocycles. The molecule has 1 rings (SSSR count). The number of ether oxygens (including phenoxy) is 1. The molecule has 0 radical (unpaired) electrons. The molecule has 0 saturated heterocycles. The second-order valence-electron chi connectivity index (χ2n) is 3.48. The van der Waals surface area contributed by atoms with E-state index in [4.69, 9.17) is 10.8 Å². The Morgan fingerprint density at radius 1 is 1.44 bits per heavy atom. The summed E-state index contributed by atoms with van der Waals surface area (Å²) in [5.74, 6) is -3.35. The molecule has 100 valence electrons. The molecule has 0 aliphatic rings. The first-order chi connectivity index (χ1) is 8.12. The zero-order valence-electron chi connectivity index (χ0n) is 9.08. The summed E-state index contributed by atoms with van der Waals surface area (Å²) in [4.78, 5) is 10.6. The van der Waals surface area contributed by atoms with Crippen molar-refractivity contribution in [1.82, 2.24) is 0 Å². The van der Waals surface area contributed by atoms with E-state index in [-0.39, 0.29) is 5.69 Å². The summed E-state index contributed by atoms with van der Waals surface area (Å²) in [6, 6.07) is 1.22. The van der Waals surface area contributed by atoms with Crippen molar-refractivity contribution in [2.24, 2.45) is 0 Å². The molecule has 0 spiro atoms. The zero-order valence-corrected chi connectivity index (χ0v) is 9.08. The van der Waals surface area contributed by atoms with Crippen LogP contribution in [-0.2, 0) is 0 Å². The van der Waals surface area contributed by atoms with E-state index in [1.807, 2.05) is 0 Å². The Bertz CT molecular complexity index is 473. The molecule has 0 aliphatic heterocycles. The monoisotopic (exact) mass is 267 g/mol. The largest absolute Gasteiger partial charge is 0.479 e. The lowest BCUT2D eigenvalue weighted by Gasteiger charge is -2.19. The minimum Gasteiger partial charge on any atom is -0.479 e. The van der Waals surface area contributed by atoms with Crippen molar-refractivity contribution in [3.63, 3.8) is 0 Å². The SMILES string of the molecule is CC(Oc1cc(F)c(C(=O)O)cc1N)C(F)(F)F. The molecule has 0 aliphatic carbocycles. The number of hydrogen-bond donors (Lipinski definition) is 2. The van der Waals surface area contributed by atoms with Gasteiger partial charge in [0.15, 0.2) is 6.10 Å². The van der Waals surface area contributed by atoms with Gasteiger partial charge in [-0.25, -0.2) is 9.18 Å². The van der Waals surface area contributed by atoms with Crippen LogP contribution < -0.4 is 10.5 Å². The molecule has 1 atom stereocenters. The predicted molar refractivity (Wildman–Crippen MR) is 53.9 cm³/mol. The zero-order chi connectivity index (χ0) is 14.1. The summed E-state index contributed by atoms with van der Waals surface area (Å²) < 4.78 is 54.3. The average Bonchev–Trinajstić information content (AvgIpc) is 2.21. The number of nitrogen functional groups attached to an aromatic ring is 1. The highest BCUT2D eigenvalue weighted by molar-refractivity contribution is 5.89. The number of nitrogens with two attached hydrogens (primary N) is 1. The molecule has 1 unspecified atom stereocenters. The van der Waals surface area contributed by atoms with Gasteiger partial charge < -0.3 is 15.6 Å². The van der Waals surface area contributed by atoms with Gasteiger partial charge in [0.25, 0.3) is 0 Å². The van der Waals surface area contributed by atoms with Crippen LogP contribution in [0.3, 0.4) is 0 Å². The average molecular weight is 267 g/mol. The van der Waals surface area contributed by atoms with Crippen LogP contribution in [0.25, 0.3) is 0 Å². The predicted octanol–water partition coefficient (Wildman–Crippen LogP) is 2.44. The van der Waals surface area contributed by atoms with Crippen molar-refractivity contribution in [2.75, 3.05) is 5.73 Å². The lowest BCUT2D eigenvalue weighted by atomic mass is 10.1. The van der Waals surface area contributed by atoms with Crippen LogP contribution in [0.2, 0.25) is 0 Å². The lowest BCUT2D eigenvalue weighted by molar-refractivity contribution is -0.189. The first-order valence-corrected chi connectivity index (χ1v) is 4.68. The number of carboxylic acids is 1. The first kappa shape index (κ1) is 14.1. The minimum atomic E-state index is -4.63. The van der Waals surface area contributed by atoms with Crippen LogP contribution in [0.15, 0.2) is 12.1 Å². The fourth-order valence-corrected chi connectivity index (χ4v) is 1.09. The van der Waals surface area contributed by atoms with E-state index in [0.717, 1.165) is 6.92 Å². The second-order valence-corrected chi connectivity index (χ2v) is 3.48. The molecular weight excluding hydrogens is 258 g/mol. The van der Waals surface area contributed by atoms with Gasteiger partial charge in [0.1, 0.15) is 11.6 Å². The number of anilines is 1. The molecule has 0 fully saturated rings. The standard InChI is InChI=1S/C10H9F4NO3/c1-4(10(12,13)14)18-8-3-6(11)5(9(16)17)2-7(8)15/h2-4H,15H2,1H3,(H,16,17). The number of halogens is 4. The quantitative estimate of drug-likeness (QED) is 0.651. The molecule has 3 N–H and O–H groups in total. The van der Waals surface area contributed by atoms with Gasteiger partial charge in [-0.15, -0.1) is 0 Å². The first-order valence-electron chi connectivity index (χ1n) is 4.68. The number of hydrogen-bond acceptors (Lipinski definition) is 3. The van der Waals surface area contributed by atoms with Crippen LogP contribution in [0, 0.1) is 5.82 Å². The highest BCUT2D eigenvalue weighted by Crippen LogP contribution is 2.30. The Labute approximate surface area is 99.0 Å². The third-order valence-electron chi connectivity index (χ3n) is 2.09. The van der Waals surface area contributed by atoms with Crippen LogP contribution in [-0.4, -0.2) is 23.4 Å². The summed E-state index contributed by atoms with van der Waals surface area (Å²) in [5.41, 5.74) is 4.18. The molecule has 18 heavy (non-hydrogen) atoms. The summed E-state index contributed by atoms with van der Waals surface area (Å²) >= 11 is 0. The van der Waals surface area contributed by atoms with E-state index in [9.17, 15) is 22.4 Å². The van der Waals surface area contributed by atoms with Crippen LogP contribution in [0.1, 0.15) is 17.3 Å². The van der Waals surface area contributed by atoms with Crippen molar-refractivity contribution >= 4 is 11.7 Å². The highest BCUT2D eigenvalue weighted by atomic mass is 19.4. The summed E-state index contributed by atoms with van der Waals surface area (Å²) in [6.45, 7) is 0.725. The van der Waals surface area contributed by atoms with Gasteiger partial charge in [-0.05, 0) is 13.0 Å². The van der Waals surface area contributed by atoms with Gasteiger partial charge in [0.2, 0.25) is 0 Å². The maximum absolute atomic E-state index is 13.2. The van der Waals surface area contributed by atoms with Crippen LogP contribution >= 0.6 is 0 Å². The fraction of sp³-hybridized carbons (Fsp3) is 0.300. The Hall–Kier alpha value is -1.99. The third-order valence-corrected chi connectivity index (χ3v) is 2.09. The van der Waals surface area contributed by atoms with Gasteiger partial charge in [0, 0.05) is 6.07 Å². The Morgan fingerprint density at radius 3 is 2.44 bits per heavy atom. The normalized spacial score (nSPS) is 13.2. The van der Waals surface area contributed by atoms with E-state index in [2.05, 4.69) is 4.74 Å². The summed E-state index contributed by atoms with van der Waals surface area (Å²) in [7, 11) is 0. The smallest absolute Gasteiger partial charge is 0.425 e. The Morgan fingerprint density at radius 2 is 2.00 bits per heavy atom.